The standard InChI is InChI=1S/C20H21NO5/c1-20(2,15-8-6-5-7-9-15)19(24)21-16-11-13(17(22)25-3)10-14(12-16)18(23)26-4/h5-12H,1-4H3,(H,21,24). The van der Waals surface area contributed by atoms with Crippen molar-refractivity contribution in [2.45, 2.75) is 19.3 Å². The van der Waals surface area contributed by atoms with E-state index >= 15 is 0 Å². The van der Waals surface area contributed by atoms with Gasteiger partial charge in [-0.2, -0.15) is 0 Å². The Hall–Kier alpha value is -3.15. The molecule has 0 aliphatic rings. The van der Waals surface area contributed by atoms with E-state index in [0.29, 0.717) is 5.69 Å². The number of hydrogen-bond donors (Lipinski definition) is 1. The molecule has 0 radical (unpaired) electrons. The lowest BCUT2D eigenvalue weighted by atomic mass is 9.83. The molecule has 1 amide bonds. The fourth-order valence-electron chi connectivity index (χ4n) is 2.44. The van der Waals surface area contributed by atoms with Crippen molar-refractivity contribution < 1.29 is 23.9 Å². The second-order valence-electron chi connectivity index (χ2n) is 6.23. The number of carbonyl (C=O) groups is 3. The Labute approximate surface area is 152 Å². The Bertz CT molecular complexity index is 793. The van der Waals surface area contributed by atoms with Crippen LogP contribution in [0.1, 0.15) is 40.1 Å². The van der Waals surface area contributed by atoms with E-state index in [4.69, 9.17) is 9.47 Å². The molecule has 2 aromatic rings. The number of rotatable bonds is 5. The first-order valence-electron chi connectivity index (χ1n) is 7.98. The molecule has 0 bridgehead atoms. The van der Waals surface area contributed by atoms with Crippen LogP contribution in [0.3, 0.4) is 0 Å². The van der Waals surface area contributed by atoms with Crippen LogP contribution in [0.2, 0.25) is 0 Å². The first kappa shape index (κ1) is 19.2. The molecule has 26 heavy (non-hydrogen) atoms. The summed E-state index contributed by atoms with van der Waals surface area (Å²) in [6, 6.07) is 13.6. The van der Waals surface area contributed by atoms with Gasteiger partial charge in [0.05, 0.1) is 30.8 Å². The molecule has 0 unspecified atom stereocenters. The molecular weight excluding hydrogens is 334 g/mol. The summed E-state index contributed by atoms with van der Waals surface area (Å²) in [5.41, 5.74) is 0.622. The molecule has 0 aromatic heterocycles. The molecule has 0 atom stereocenters. The van der Waals surface area contributed by atoms with Crippen molar-refractivity contribution in [2.24, 2.45) is 0 Å². The van der Waals surface area contributed by atoms with Crippen LogP contribution in [0.25, 0.3) is 0 Å². The van der Waals surface area contributed by atoms with E-state index in [0.717, 1.165) is 5.56 Å². The van der Waals surface area contributed by atoms with Gasteiger partial charge in [-0.1, -0.05) is 30.3 Å². The van der Waals surface area contributed by atoms with E-state index in [1.165, 1.54) is 32.4 Å². The SMILES string of the molecule is COC(=O)c1cc(NC(=O)C(C)(C)c2ccccc2)cc(C(=O)OC)c1. The van der Waals surface area contributed by atoms with Crippen molar-refractivity contribution in [3.63, 3.8) is 0 Å². The van der Waals surface area contributed by atoms with E-state index in [9.17, 15) is 14.4 Å². The molecule has 1 N–H and O–H groups in total. The van der Waals surface area contributed by atoms with Crippen LogP contribution in [0, 0.1) is 0 Å². The summed E-state index contributed by atoms with van der Waals surface area (Å²) in [7, 11) is 2.48. The highest BCUT2D eigenvalue weighted by atomic mass is 16.5. The van der Waals surface area contributed by atoms with Gasteiger partial charge in [0.25, 0.3) is 0 Å². The van der Waals surface area contributed by atoms with E-state index < -0.39 is 17.4 Å². The van der Waals surface area contributed by atoms with Crippen LogP contribution >= 0.6 is 0 Å². The molecule has 6 nitrogen and oxygen atoms in total. The van der Waals surface area contributed by atoms with Crippen molar-refractivity contribution in [1.82, 2.24) is 0 Å². The Kier molecular flexibility index (Phi) is 5.77. The van der Waals surface area contributed by atoms with Crippen molar-refractivity contribution in [3.05, 3.63) is 65.2 Å². The van der Waals surface area contributed by atoms with E-state index in [1.54, 1.807) is 13.8 Å². The van der Waals surface area contributed by atoms with Crippen LogP contribution in [-0.4, -0.2) is 32.1 Å². The number of benzene rings is 2. The van der Waals surface area contributed by atoms with Crippen molar-refractivity contribution in [3.8, 4) is 0 Å². The van der Waals surface area contributed by atoms with Gasteiger partial charge < -0.3 is 14.8 Å². The number of nitrogens with one attached hydrogen (secondary N) is 1. The summed E-state index contributed by atoms with van der Waals surface area (Å²) in [5, 5.41) is 2.76. The molecule has 2 aromatic carbocycles. The van der Waals surface area contributed by atoms with E-state index in [1.807, 2.05) is 30.3 Å². The summed E-state index contributed by atoms with van der Waals surface area (Å²) in [5.74, 6) is -1.51. The number of ether oxygens (including phenoxy) is 2. The second kappa shape index (κ2) is 7.82. The monoisotopic (exact) mass is 355 g/mol. The first-order chi connectivity index (χ1) is 12.3. The fraction of sp³-hybridized carbons (Fsp3) is 0.250. The Balaban J connectivity index is 2.37. The summed E-state index contributed by atoms with van der Waals surface area (Å²) in [6.07, 6.45) is 0. The zero-order valence-electron chi connectivity index (χ0n) is 15.2. The van der Waals surface area contributed by atoms with E-state index in [-0.39, 0.29) is 17.0 Å². The van der Waals surface area contributed by atoms with Gasteiger partial charge in [-0.05, 0) is 37.6 Å². The minimum absolute atomic E-state index is 0.142. The smallest absolute Gasteiger partial charge is 0.337 e. The highest BCUT2D eigenvalue weighted by Crippen LogP contribution is 2.26. The maximum absolute atomic E-state index is 12.8. The molecule has 0 spiro atoms. The number of hydrogen-bond acceptors (Lipinski definition) is 5. The molecule has 0 fully saturated rings. The summed E-state index contributed by atoms with van der Waals surface area (Å²) >= 11 is 0. The lowest BCUT2D eigenvalue weighted by Crippen LogP contribution is -2.34. The maximum atomic E-state index is 12.8. The van der Waals surface area contributed by atoms with Gasteiger partial charge in [0.1, 0.15) is 0 Å². The molecule has 136 valence electrons. The molecule has 0 saturated heterocycles. The van der Waals surface area contributed by atoms with Gasteiger partial charge in [-0.15, -0.1) is 0 Å². The van der Waals surface area contributed by atoms with Crippen molar-refractivity contribution >= 4 is 23.5 Å². The summed E-state index contributed by atoms with van der Waals surface area (Å²) < 4.78 is 9.39. The third-order valence-electron chi connectivity index (χ3n) is 4.10. The predicted molar refractivity (Wildman–Crippen MR) is 97.2 cm³/mol. The number of amides is 1. The topological polar surface area (TPSA) is 81.7 Å². The third-order valence-corrected chi connectivity index (χ3v) is 4.10. The zero-order chi connectivity index (χ0) is 19.3. The third kappa shape index (κ3) is 4.08. The van der Waals surface area contributed by atoms with Gasteiger partial charge >= 0.3 is 11.9 Å². The van der Waals surface area contributed by atoms with E-state index in [2.05, 4.69) is 5.32 Å². The normalized spacial score (nSPS) is 10.8. The fourth-order valence-corrected chi connectivity index (χ4v) is 2.44. The van der Waals surface area contributed by atoms with Gasteiger partial charge in [0.15, 0.2) is 0 Å². The van der Waals surface area contributed by atoms with Crippen LogP contribution < -0.4 is 5.32 Å². The van der Waals surface area contributed by atoms with Gasteiger partial charge in [-0.3, -0.25) is 4.79 Å². The molecule has 0 heterocycles. The predicted octanol–water partition coefficient (Wildman–Crippen LogP) is 3.18. The molecule has 0 aliphatic heterocycles. The second-order valence-corrected chi connectivity index (χ2v) is 6.23. The molecular formula is C20H21NO5. The summed E-state index contributed by atoms with van der Waals surface area (Å²) in [4.78, 5) is 36.5. The highest BCUT2D eigenvalue weighted by Gasteiger charge is 2.30. The first-order valence-corrected chi connectivity index (χ1v) is 7.98. The molecule has 2 rings (SSSR count). The zero-order valence-corrected chi connectivity index (χ0v) is 15.2. The molecule has 6 heteroatoms. The largest absolute Gasteiger partial charge is 0.465 e. The van der Waals surface area contributed by atoms with Crippen LogP contribution in [0.4, 0.5) is 5.69 Å². The van der Waals surface area contributed by atoms with Crippen molar-refractivity contribution in [1.29, 1.82) is 0 Å². The summed E-state index contributed by atoms with van der Waals surface area (Å²) in [6.45, 7) is 3.59. The number of esters is 2. The van der Waals surface area contributed by atoms with Crippen LogP contribution in [-0.2, 0) is 19.7 Å². The number of methoxy groups -OCH3 is 2. The Morgan fingerprint density at radius 3 is 1.81 bits per heavy atom. The number of carbonyl (C=O) groups excluding carboxylic acids is 3. The lowest BCUT2D eigenvalue weighted by molar-refractivity contribution is -0.120. The minimum atomic E-state index is -0.812. The molecule has 0 aliphatic carbocycles. The average Bonchev–Trinajstić information content (AvgIpc) is 2.66. The lowest BCUT2D eigenvalue weighted by Gasteiger charge is -2.24. The Morgan fingerprint density at radius 2 is 1.35 bits per heavy atom. The average molecular weight is 355 g/mol. The molecule has 0 saturated carbocycles. The van der Waals surface area contributed by atoms with Gasteiger partial charge in [-0.25, -0.2) is 9.59 Å². The quantitative estimate of drug-likeness (QED) is 0.833. The van der Waals surface area contributed by atoms with Gasteiger partial charge in [0, 0.05) is 5.69 Å². The van der Waals surface area contributed by atoms with Crippen LogP contribution in [0.5, 0.6) is 0 Å². The minimum Gasteiger partial charge on any atom is -0.465 e. The van der Waals surface area contributed by atoms with Crippen molar-refractivity contribution in [2.75, 3.05) is 19.5 Å². The maximum Gasteiger partial charge on any atom is 0.337 e. The number of anilines is 1. The Morgan fingerprint density at radius 1 is 0.846 bits per heavy atom. The van der Waals surface area contributed by atoms with Crippen LogP contribution in [0.15, 0.2) is 48.5 Å². The highest BCUT2D eigenvalue weighted by molar-refractivity contribution is 6.02. The van der Waals surface area contributed by atoms with Gasteiger partial charge in [0.2, 0.25) is 5.91 Å².